The molecule has 6 heteroatoms. The summed E-state index contributed by atoms with van der Waals surface area (Å²) in [5.74, 6) is 1.68. The molecule has 1 aliphatic heterocycles. The highest BCUT2D eigenvalue weighted by atomic mass is 35.5. The van der Waals surface area contributed by atoms with Gasteiger partial charge in [0.05, 0.1) is 0 Å². The highest BCUT2D eigenvalue weighted by molar-refractivity contribution is 5.85. The number of nitrogens with two attached hydrogens (primary N) is 1. The summed E-state index contributed by atoms with van der Waals surface area (Å²) in [6, 6.07) is 0.317. The molecule has 0 spiro atoms. The number of carbonyl (C=O) groups excluding carboxylic acids is 2. The Bertz CT molecular complexity index is 410. The molecule has 3 rings (SSSR count). The van der Waals surface area contributed by atoms with Gasteiger partial charge >= 0.3 is 0 Å². The van der Waals surface area contributed by atoms with Crippen molar-refractivity contribution in [2.45, 2.75) is 45.1 Å². The van der Waals surface area contributed by atoms with Crippen LogP contribution in [0.25, 0.3) is 0 Å². The standard InChI is InChI=1S/C16H27N3O2.ClH/c1-11(20)18-5-7-19(8-6-18)16(21)14-9-12-3-2-4-13(10-14)15(12)17;/h12-15H,2-10,17H2,1H3;1H. The molecule has 1 heterocycles. The Hall–Kier alpha value is -0.810. The lowest BCUT2D eigenvalue weighted by atomic mass is 9.65. The molecular weight excluding hydrogens is 302 g/mol. The van der Waals surface area contributed by atoms with Crippen molar-refractivity contribution in [3.8, 4) is 0 Å². The topological polar surface area (TPSA) is 66.6 Å². The van der Waals surface area contributed by atoms with Crippen LogP contribution in [0.3, 0.4) is 0 Å². The molecule has 2 amide bonds. The maximum Gasteiger partial charge on any atom is 0.225 e. The zero-order valence-corrected chi connectivity index (χ0v) is 14.2. The normalized spacial score (nSPS) is 34.8. The number of amides is 2. The predicted octanol–water partition coefficient (Wildman–Crippen LogP) is 1.25. The van der Waals surface area contributed by atoms with Gasteiger partial charge in [-0.15, -0.1) is 12.4 Å². The second-order valence-electron chi connectivity index (χ2n) is 7.03. The van der Waals surface area contributed by atoms with Gasteiger partial charge in [0.1, 0.15) is 0 Å². The number of hydrogen-bond acceptors (Lipinski definition) is 3. The van der Waals surface area contributed by atoms with Gasteiger partial charge in [-0.1, -0.05) is 6.42 Å². The highest BCUT2D eigenvalue weighted by Crippen LogP contribution is 2.42. The van der Waals surface area contributed by atoms with Gasteiger partial charge in [-0.2, -0.15) is 0 Å². The van der Waals surface area contributed by atoms with Crippen LogP contribution in [0.15, 0.2) is 0 Å². The number of nitrogens with zero attached hydrogens (tertiary/aromatic N) is 2. The number of rotatable bonds is 1. The minimum absolute atomic E-state index is 0. The van der Waals surface area contributed by atoms with E-state index in [4.69, 9.17) is 5.73 Å². The first-order valence-electron chi connectivity index (χ1n) is 8.36. The van der Waals surface area contributed by atoms with Crippen LogP contribution in [0.5, 0.6) is 0 Å². The third kappa shape index (κ3) is 3.40. The molecule has 2 unspecified atom stereocenters. The molecule has 0 aromatic heterocycles. The summed E-state index contributed by atoms with van der Waals surface area (Å²) in [5.41, 5.74) is 6.31. The van der Waals surface area contributed by atoms with Crippen LogP contribution in [0.1, 0.15) is 39.0 Å². The summed E-state index contributed by atoms with van der Waals surface area (Å²) in [6.45, 7) is 4.34. The Morgan fingerprint density at radius 1 is 0.955 bits per heavy atom. The number of carbonyl (C=O) groups is 2. The zero-order valence-electron chi connectivity index (χ0n) is 13.4. The van der Waals surface area contributed by atoms with Gasteiger partial charge in [-0.05, 0) is 37.5 Å². The molecular formula is C16H28ClN3O2. The first-order valence-corrected chi connectivity index (χ1v) is 8.36. The maximum absolute atomic E-state index is 12.7. The quantitative estimate of drug-likeness (QED) is 0.787. The van der Waals surface area contributed by atoms with Gasteiger partial charge in [-0.3, -0.25) is 9.59 Å². The molecule has 1 saturated heterocycles. The monoisotopic (exact) mass is 329 g/mol. The van der Waals surface area contributed by atoms with E-state index >= 15 is 0 Å². The highest BCUT2D eigenvalue weighted by Gasteiger charge is 2.41. The summed E-state index contributed by atoms with van der Waals surface area (Å²) in [7, 11) is 0. The van der Waals surface area contributed by atoms with Gasteiger partial charge in [0.2, 0.25) is 11.8 Å². The van der Waals surface area contributed by atoms with Gasteiger partial charge < -0.3 is 15.5 Å². The third-order valence-corrected chi connectivity index (χ3v) is 5.80. The molecule has 3 fully saturated rings. The largest absolute Gasteiger partial charge is 0.339 e. The smallest absolute Gasteiger partial charge is 0.225 e. The van der Waals surface area contributed by atoms with Crippen LogP contribution in [-0.2, 0) is 9.59 Å². The van der Waals surface area contributed by atoms with Gasteiger partial charge in [0, 0.05) is 45.1 Å². The predicted molar refractivity (Wildman–Crippen MR) is 87.6 cm³/mol. The van der Waals surface area contributed by atoms with Crippen LogP contribution in [0.4, 0.5) is 0 Å². The molecule has 2 atom stereocenters. The fourth-order valence-electron chi connectivity index (χ4n) is 4.49. The molecule has 126 valence electrons. The van der Waals surface area contributed by atoms with Gasteiger partial charge in [0.15, 0.2) is 0 Å². The van der Waals surface area contributed by atoms with Crippen LogP contribution < -0.4 is 5.73 Å². The van der Waals surface area contributed by atoms with Crippen molar-refractivity contribution in [3.05, 3.63) is 0 Å². The van der Waals surface area contributed by atoms with Crippen LogP contribution in [0, 0.1) is 17.8 Å². The lowest BCUT2D eigenvalue weighted by Gasteiger charge is -2.45. The molecule has 5 nitrogen and oxygen atoms in total. The second-order valence-corrected chi connectivity index (χ2v) is 7.03. The summed E-state index contributed by atoms with van der Waals surface area (Å²) in [4.78, 5) is 27.9. The maximum atomic E-state index is 12.7. The Labute approximate surface area is 139 Å². The first kappa shape index (κ1) is 17.5. The molecule has 0 aromatic carbocycles. The minimum Gasteiger partial charge on any atom is -0.339 e. The molecule has 0 radical (unpaired) electrons. The van der Waals surface area contributed by atoms with E-state index in [9.17, 15) is 9.59 Å². The summed E-state index contributed by atoms with van der Waals surface area (Å²) < 4.78 is 0. The Morgan fingerprint density at radius 2 is 1.45 bits per heavy atom. The molecule has 3 aliphatic rings. The van der Waals surface area contributed by atoms with E-state index in [1.165, 1.54) is 19.3 Å². The van der Waals surface area contributed by atoms with E-state index in [1.807, 2.05) is 9.80 Å². The molecule has 2 saturated carbocycles. The first-order chi connectivity index (χ1) is 10.1. The van der Waals surface area contributed by atoms with Crippen LogP contribution in [-0.4, -0.2) is 53.8 Å². The van der Waals surface area contributed by atoms with E-state index in [0.717, 1.165) is 12.8 Å². The fraction of sp³-hybridized carbons (Fsp3) is 0.875. The van der Waals surface area contributed by atoms with E-state index in [0.29, 0.717) is 50.0 Å². The number of piperazine rings is 1. The zero-order chi connectivity index (χ0) is 15.0. The lowest BCUT2D eigenvalue weighted by Crippen LogP contribution is -2.54. The average molecular weight is 330 g/mol. The van der Waals surface area contributed by atoms with E-state index in [2.05, 4.69) is 0 Å². The van der Waals surface area contributed by atoms with Crippen molar-refractivity contribution >= 4 is 24.2 Å². The number of halogens is 1. The average Bonchev–Trinajstić information content (AvgIpc) is 2.46. The molecule has 2 bridgehead atoms. The molecule has 2 N–H and O–H groups in total. The fourth-order valence-corrected chi connectivity index (χ4v) is 4.49. The lowest BCUT2D eigenvalue weighted by molar-refractivity contribution is -0.143. The van der Waals surface area contributed by atoms with Crippen molar-refractivity contribution in [2.24, 2.45) is 23.5 Å². The van der Waals surface area contributed by atoms with Gasteiger partial charge in [0.25, 0.3) is 0 Å². The molecule has 22 heavy (non-hydrogen) atoms. The van der Waals surface area contributed by atoms with Crippen molar-refractivity contribution in [2.75, 3.05) is 26.2 Å². The second kappa shape index (κ2) is 7.18. The summed E-state index contributed by atoms with van der Waals surface area (Å²) in [5, 5.41) is 0. The minimum atomic E-state index is 0. The van der Waals surface area contributed by atoms with E-state index in [-0.39, 0.29) is 24.2 Å². The Kier molecular flexibility index (Phi) is 5.72. The van der Waals surface area contributed by atoms with Crippen molar-refractivity contribution in [1.29, 1.82) is 0 Å². The Balaban J connectivity index is 0.00000176. The van der Waals surface area contributed by atoms with E-state index in [1.54, 1.807) is 6.92 Å². The SMILES string of the molecule is CC(=O)N1CCN(C(=O)C2CC3CCCC(C2)C3N)CC1.Cl. The summed E-state index contributed by atoms with van der Waals surface area (Å²) in [6.07, 6.45) is 5.62. The summed E-state index contributed by atoms with van der Waals surface area (Å²) >= 11 is 0. The van der Waals surface area contributed by atoms with E-state index < -0.39 is 0 Å². The molecule has 2 aliphatic carbocycles. The van der Waals surface area contributed by atoms with Crippen molar-refractivity contribution in [3.63, 3.8) is 0 Å². The Morgan fingerprint density at radius 3 is 1.95 bits per heavy atom. The van der Waals surface area contributed by atoms with Crippen molar-refractivity contribution in [1.82, 2.24) is 9.80 Å². The number of hydrogen-bond donors (Lipinski definition) is 1. The number of fused-ring (bicyclic) bond motifs is 2. The molecule has 0 aromatic rings. The third-order valence-electron chi connectivity index (χ3n) is 5.80. The van der Waals surface area contributed by atoms with Crippen molar-refractivity contribution < 1.29 is 9.59 Å². The van der Waals surface area contributed by atoms with Crippen LogP contribution >= 0.6 is 12.4 Å². The van der Waals surface area contributed by atoms with Gasteiger partial charge in [-0.25, -0.2) is 0 Å². The van der Waals surface area contributed by atoms with Crippen LogP contribution in [0.2, 0.25) is 0 Å².